The molecule has 0 aliphatic carbocycles. The fourth-order valence-corrected chi connectivity index (χ4v) is 1.88. The van der Waals surface area contributed by atoms with Gasteiger partial charge in [-0.15, -0.1) is 0 Å². The van der Waals surface area contributed by atoms with Gasteiger partial charge in [0, 0.05) is 6.54 Å². The standard InChI is InChI=1S/C17H29NO8/c1-16(2,3)25-13(20)10-11(14(21)22)18(9-8-12(19)24-7)15(23)26-17(4,5)6/h11H,8-10H2,1-7H3,(H,21,22). The Morgan fingerprint density at radius 1 is 0.923 bits per heavy atom. The molecule has 0 aliphatic rings. The van der Waals surface area contributed by atoms with Crippen LogP contribution in [-0.4, -0.2) is 64.9 Å². The van der Waals surface area contributed by atoms with E-state index in [0.29, 0.717) is 0 Å². The Balaban J connectivity index is 5.45. The lowest BCUT2D eigenvalue weighted by atomic mass is 10.1. The predicted octanol–water partition coefficient (Wildman–Crippen LogP) is 1.97. The molecular formula is C17H29NO8. The number of aliphatic carboxylic acids is 1. The number of carbonyl (C=O) groups excluding carboxylic acids is 3. The van der Waals surface area contributed by atoms with Crippen LogP contribution in [0.25, 0.3) is 0 Å². The van der Waals surface area contributed by atoms with Gasteiger partial charge >= 0.3 is 24.0 Å². The first-order chi connectivity index (χ1) is 11.7. The number of hydrogen-bond donors (Lipinski definition) is 1. The van der Waals surface area contributed by atoms with Crippen molar-refractivity contribution in [3.8, 4) is 0 Å². The highest BCUT2D eigenvalue weighted by Gasteiger charge is 2.36. The van der Waals surface area contributed by atoms with Crippen LogP contribution in [0.4, 0.5) is 4.79 Å². The van der Waals surface area contributed by atoms with Gasteiger partial charge in [-0.25, -0.2) is 9.59 Å². The number of carbonyl (C=O) groups is 4. The van der Waals surface area contributed by atoms with E-state index in [-0.39, 0.29) is 13.0 Å². The van der Waals surface area contributed by atoms with Crippen molar-refractivity contribution >= 4 is 24.0 Å². The summed E-state index contributed by atoms with van der Waals surface area (Å²) in [5.41, 5.74) is -1.68. The molecule has 9 heteroatoms. The van der Waals surface area contributed by atoms with E-state index in [1.54, 1.807) is 41.5 Å². The summed E-state index contributed by atoms with van der Waals surface area (Å²) in [4.78, 5) is 48.3. The van der Waals surface area contributed by atoms with Crippen molar-refractivity contribution in [3.63, 3.8) is 0 Å². The molecule has 150 valence electrons. The number of nitrogens with zero attached hydrogens (tertiary/aromatic N) is 1. The molecule has 0 spiro atoms. The Bertz CT molecular complexity index is 530. The molecule has 0 aromatic rings. The average molecular weight is 375 g/mol. The lowest BCUT2D eigenvalue weighted by Gasteiger charge is -2.31. The minimum absolute atomic E-state index is 0.242. The van der Waals surface area contributed by atoms with Crippen molar-refractivity contribution in [2.75, 3.05) is 13.7 Å². The molecular weight excluding hydrogens is 346 g/mol. The lowest BCUT2D eigenvalue weighted by molar-refractivity contribution is -0.160. The third-order valence-corrected chi connectivity index (χ3v) is 2.85. The molecule has 0 fully saturated rings. The molecule has 0 rings (SSSR count). The average Bonchev–Trinajstić information content (AvgIpc) is 2.41. The highest BCUT2D eigenvalue weighted by molar-refractivity contribution is 5.85. The molecule has 0 aliphatic heterocycles. The number of amides is 1. The zero-order chi connectivity index (χ0) is 20.7. The summed E-state index contributed by atoms with van der Waals surface area (Å²) in [7, 11) is 1.18. The van der Waals surface area contributed by atoms with Gasteiger partial charge in [0.1, 0.15) is 17.2 Å². The SMILES string of the molecule is COC(=O)CCN(C(=O)OC(C)(C)C)C(CC(=O)OC(C)(C)C)C(=O)O. The summed E-state index contributed by atoms with van der Waals surface area (Å²) in [6.07, 6.45) is -1.77. The molecule has 9 nitrogen and oxygen atoms in total. The van der Waals surface area contributed by atoms with E-state index in [9.17, 15) is 24.3 Å². The van der Waals surface area contributed by atoms with Crippen molar-refractivity contribution in [3.05, 3.63) is 0 Å². The molecule has 1 unspecified atom stereocenters. The third-order valence-electron chi connectivity index (χ3n) is 2.85. The van der Waals surface area contributed by atoms with Gasteiger partial charge in [-0.05, 0) is 41.5 Å². The third kappa shape index (κ3) is 9.85. The van der Waals surface area contributed by atoms with Crippen LogP contribution in [-0.2, 0) is 28.6 Å². The Hall–Kier alpha value is -2.32. The topological polar surface area (TPSA) is 119 Å². The van der Waals surface area contributed by atoms with Crippen molar-refractivity contribution in [2.45, 2.75) is 71.6 Å². The molecule has 0 saturated carbocycles. The number of ether oxygens (including phenoxy) is 3. The molecule has 1 N–H and O–H groups in total. The minimum atomic E-state index is -1.54. The van der Waals surface area contributed by atoms with Crippen molar-refractivity contribution in [2.24, 2.45) is 0 Å². The van der Waals surface area contributed by atoms with Gasteiger partial charge in [0.05, 0.1) is 20.0 Å². The van der Waals surface area contributed by atoms with E-state index in [0.717, 1.165) is 4.90 Å². The van der Waals surface area contributed by atoms with Crippen LogP contribution in [0, 0.1) is 0 Å². The van der Waals surface area contributed by atoms with Crippen molar-refractivity contribution < 1.29 is 38.5 Å². The molecule has 0 saturated heterocycles. The smallest absolute Gasteiger partial charge is 0.411 e. The zero-order valence-electron chi connectivity index (χ0n) is 16.5. The summed E-state index contributed by atoms with van der Waals surface area (Å²) < 4.78 is 14.8. The fourth-order valence-electron chi connectivity index (χ4n) is 1.88. The number of carboxylic acids is 1. The van der Waals surface area contributed by atoms with Crippen molar-refractivity contribution in [1.29, 1.82) is 0 Å². The normalized spacial score (nSPS) is 12.7. The summed E-state index contributed by atoms with van der Waals surface area (Å²) in [6, 6.07) is -1.54. The summed E-state index contributed by atoms with van der Waals surface area (Å²) in [5.74, 6) is -2.82. The Morgan fingerprint density at radius 2 is 1.42 bits per heavy atom. The number of carboxylic acid groups (broad SMARTS) is 1. The number of hydrogen-bond acceptors (Lipinski definition) is 7. The summed E-state index contributed by atoms with van der Waals surface area (Å²) >= 11 is 0. The Kier molecular flexibility index (Phi) is 8.56. The van der Waals surface area contributed by atoms with Crippen LogP contribution >= 0.6 is 0 Å². The summed E-state index contributed by atoms with van der Waals surface area (Å²) in [6.45, 7) is 9.51. The van der Waals surface area contributed by atoms with Crippen LogP contribution in [0.2, 0.25) is 0 Å². The monoisotopic (exact) mass is 375 g/mol. The highest BCUT2D eigenvalue weighted by atomic mass is 16.6. The van der Waals surface area contributed by atoms with E-state index < -0.39 is 47.7 Å². The van der Waals surface area contributed by atoms with Gasteiger partial charge in [-0.2, -0.15) is 0 Å². The second kappa shape index (κ2) is 9.40. The predicted molar refractivity (Wildman–Crippen MR) is 91.5 cm³/mol. The first-order valence-corrected chi connectivity index (χ1v) is 8.17. The molecule has 1 amide bonds. The molecule has 1 atom stereocenters. The van der Waals surface area contributed by atoms with E-state index in [1.807, 2.05) is 0 Å². The lowest BCUT2D eigenvalue weighted by Crippen LogP contribution is -2.49. The molecule has 0 aromatic heterocycles. The Labute approximate surface area is 153 Å². The highest BCUT2D eigenvalue weighted by Crippen LogP contribution is 2.17. The number of rotatable bonds is 7. The largest absolute Gasteiger partial charge is 0.480 e. The van der Waals surface area contributed by atoms with Crippen LogP contribution < -0.4 is 0 Å². The number of esters is 2. The molecule has 0 bridgehead atoms. The molecule has 0 aromatic carbocycles. The maximum Gasteiger partial charge on any atom is 0.411 e. The van der Waals surface area contributed by atoms with Gasteiger partial charge < -0.3 is 19.3 Å². The first kappa shape index (κ1) is 23.7. The zero-order valence-corrected chi connectivity index (χ0v) is 16.5. The molecule has 0 heterocycles. The summed E-state index contributed by atoms with van der Waals surface area (Å²) in [5, 5.41) is 9.49. The molecule has 26 heavy (non-hydrogen) atoms. The van der Waals surface area contributed by atoms with E-state index in [1.165, 1.54) is 7.11 Å². The first-order valence-electron chi connectivity index (χ1n) is 8.17. The van der Waals surface area contributed by atoms with Crippen LogP contribution in [0.15, 0.2) is 0 Å². The van der Waals surface area contributed by atoms with Crippen LogP contribution in [0.3, 0.4) is 0 Å². The van der Waals surface area contributed by atoms with E-state index in [4.69, 9.17) is 9.47 Å². The van der Waals surface area contributed by atoms with Gasteiger partial charge in [0.25, 0.3) is 0 Å². The number of methoxy groups -OCH3 is 1. The fraction of sp³-hybridized carbons (Fsp3) is 0.765. The molecule has 0 radical (unpaired) electrons. The second-order valence-corrected chi connectivity index (χ2v) is 7.64. The van der Waals surface area contributed by atoms with Crippen molar-refractivity contribution in [1.82, 2.24) is 4.90 Å². The van der Waals surface area contributed by atoms with Gasteiger partial charge in [-0.3, -0.25) is 14.5 Å². The maximum atomic E-state index is 12.4. The maximum absolute atomic E-state index is 12.4. The van der Waals surface area contributed by atoms with E-state index in [2.05, 4.69) is 4.74 Å². The van der Waals surface area contributed by atoms with Crippen LogP contribution in [0.5, 0.6) is 0 Å². The van der Waals surface area contributed by atoms with Crippen LogP contribution in [0.1, 0.15) is 54.4 Å². The van der Waals surface area contributed by atoms with Gasteiger partial charge in [-0.1, -0.05) is 0 Å². The van der Waals surface area contributed by atoms with E-state index >= 15 is 0 Å². The second-order valence-electron chi connectivity index (χ2n) is 7.64. The Morgan fingerprint density at radius 3 is 1.81 bits per heavy atom. The van der Waals surface area contributed by atoms with Gasteiger partial charge in [0.2, 0.25) is 0 Å². The quantitative estimate of drug-likeness (QED) is 0.530. The minimum Gasteiger partial charge on any atom is -0.480 e. The van der Waals surface area contributed by atoms with Gasteiger partial charge in [0.15, 0.2) is 0 Å².